The van der Waals surface area contributed by atoms with Gasteiger partial charge >= 0.3 is 6.03 Å². The van der Waals surface area contributed by atoms with Crippen molar-refractivity contribution in [1.82, 2.24) is 20.2 Å². The number of amides is 2. The van der Waals surface area contributed by atoms with Crippen molar-refractivity contribution < 1.29 is 9.18 Å². The minimum Gasteiger partial charge on any atom is -0.336 e. The predicted molar refractivity (Wildman–Crippen MR) is 76.9 cm³/mol. The lowest BCUT2D eigenvalue weighted by Crippen LogP contribution is -2.37. The lowest BCUT2D eigenvalue weighted by atomic mass is 10.2. The molecule has 21 heavy (non-hydrogen) atoms. The second-order valence-electron chi connectivity index (χ2n) is 4.22. The lowest BCUT2D eigenvalue weighted by molar-refractivity contribution is 0.241. The molecule has 5 nitrogen and oxygen atoms in total. The Hall–Kier alpha value is -2.81. The number of rotatable bonds is 4. The summed E-state index contributed by atoms with van der Waals surface area (Å²) in [7, 11) is 0. The molecule has 0 bridgehead atoms. The molecule has 2 rings (SSSR count). The second-order valence-corrected chi connectivity index (χ2v) is 4.22. The maximum absolute atomic E-state index is 12.9. The highest BCUT2D eigenvalue weighted by Crippen LogP contribution is 2.00. The van der Waals surface area contributed by atoms with Crippen molar-refractivity contribution in [3.05, 3.63) is 54.4 Å². The molecule has 6 heteroatoms. The zero-order chi connectivity index (χ0) is 14.9. The third-order valence-corrected chi connectivity index (χ3v) is 2.61. The van der Waals surface area contributed by atoms with Crippen LogP contribution in [0.3, 0.4) is 0 Å². The Morgan fingerprint density at radius 3 is 3.05 bits per heavy atom. The summed E-state index contributed by atoms with van der Waals surface area (Å²) in [5.74, 6) is 5.21. The molecule has 1 aromatic heterocycles. The van der Waals surface area contributed by atoms with Gasteiger partial charge in [-0.3, -0.25) is 0 Å². The van der Waals surface area contributed by atoms with Crippen LogP contribution in [0.15, 0.2) is 43.0 Å². The second kappa shape index (κ2) is 7.70. The third-order valence-electron chi connectivity index (χ3n) is 2.61. The first-order chi connectivity index (χ1) is 10.2. The molecule has 0 aliphatic rings. The van der Waals surface area contributed by atoms with Gasteiger partial charge in [0.1, 0.15) is 5.82 Å². The summed E-state index contributed by atoms with van der Waals surface area (Å²) in [6.07, 6.45) is 5.19. The van der Waals surface area contributed by atoms with Crippen LogP contribution in [-0.4, -0.2) is 28.7 Å². The smallest absolute Gasteiger partial charge is 0.315 e. The van der Waals surface area contributed by atoms with Crippen molar-refractivity contribution >= 4 is 6.03 Å². The molecule has 1 aromatic carbocycles. The van der Waals surface area contributed by atoms with E-state index in [2.05, 4.69) is 27.5 Å². The Bertz CT molecular complexity index is 643. The monoisotopic (exact) mass is 286 g/mol. The Kier molecular flexibility index (Phi) is 5.35. The van der Waals surface area contributed by atoms with Gasteiger partial charge in [-0.25, -0.2) is 14.2 Å². The molecule has 0 aliphatic heterocycles. The number of hydrogen-bond donors (Lipinski definition) is 2. The Labute approximate surface area is 122 Å². The minimum absolute atomic E-state index is 0.202. The van der Waals surface area contributed by atoms with Crippen LogP contribution in [0, 0.1) is 17.7 Å². The normalized spacial score (nSPS) is 9.57. The quantitative estimate of drug-likeness (QED) is 0.834. The number of halogens is 1. The molecule has 0 fully saturated rings. The minimum atomic E-state index is -0.327. The van der Waals surface area contributed by atoms with Crippen molar-refractivity contribution in [2.24, 2.45) is 0 Å². The van der Waals surface area contributed by atoms with E-state index in [0.29, 0.717) is 18.7 Å². The Balaban J connectivity index is 1.65. The number of urea groups is 1. The van der Waals surface area contributed by atoms with Crippen LogP contribution in [0.25, 0.3) is 0 Å². The van der Waals surface area contributed by atoms with Crippen LogP contribution < -0.4 is 10.6 Å². The molecule has 1 heterocycles. The van der Waals surface area contributed by atoms with E-state index in [1.807, 2.05) is 10.8 Å². The van der Waals surface area contributed by atoms with E-state index in [-0.39, 0.29) is 18.4 Å². The van der Waals surface area contributed by atoms with Crippen molar-refractivity contribution in [2.75, 3.05) is 13.1 Å². The fourth-order valence-electron chi connectivity index (χ4n) is 1.62. The van der Waals surface area contributed by atoms with Gasteiger partial charge in [-0.1, -0.05) is 17.9 Å². The molecule has 2 N–H and O–H groups in total. The van der Waals surface area contributed by atoms with Gasteiger partial charge in [0.15, 0.2) is 0 Å². The van der Waals surface area contributed by atoms with Crippen molar-refractivity contribution in [1.29, 1.82) is 0 Å². The van der Waals surface area contributed by atoms with Gasteiger partial charge in [0, 0.05) is 31.0 Å². The summed E-state index contributed by atoms with van der Waals surface area (Å²) >= 11 is 0. The summed E-state index contributed by atoms with van der Waals surface area (Å²) in [6.45, 7) is 1.36. The Morgan fingerprint density at radius 1 is 1.38 bits per heavy atom. The van der Waals surface area contributed by atoms with Gasteiger partial charge in [0.05, 0.1) is 12.9 Å². The summed E-state index contributed by atoms with van der Waals surface area (Å²) < 4.78 is 14.8. The van der Waals surface area contributed by atoms with Crippen molar-refractivity contribution in [3.8, 4) is 11.8 Å². The number of imidazole rings is 1. The van der Waals surface area contributed by atoms with Gasteiger partial charge in [-0.05, 0) is 18.2 Å². The average Bonchev–Trinajstić information content (AvgIpc) is 2.97. The molecule has 0 saturated heterocycles. The van der Waals surface area contributed by atoms with Crippen molar-refractivity contribution in [3.63, 3.8) is 0 Å². The van der Waals surface area contributed by atoms with E-state index in [0.717, 1.165) is 0 Å². The van der Waals surface area contributed by atoms with Crippen LogP contribution in [0.1, 0.15) is 5.56 Å². The van der Waals surface area contributed by atoms with E-state index >= 15 is 0 Å². The maximum atomic E-state index is 12.9. The zero-order valence-corrected chi connectivity index (χ0v) is 11.3. The Morgan fingerprint density at radius 2 is 2.29 bits per heavy atom. The fourth-order valence-corrected chi connectivity index (χ4v) is 1.62. The highest BCUT2D eigenvalue weighted by Gasteiger charge is 1.97. The molecule has 2 aromatic rings. The first-order valence-electron chi connectivity index (χ1n) is 6.46. The highest BCUT2D eigenvalue weighted by atomic mass is 19.1. The molecular formula is C15H15FN4O. The number of carbonyl (C=O) groups is 1. The van der Waals surface area contributed by atoms with E-state index < -0.39 is 0 Å². The molecule has 2 amide bonds. The highest BCUT2D eigenvalue weighted by molar-refractivity contribution is 5.74. The number of nitrogens with one attached hydrogen (secondary N) is 2. The van der Waals surface area contributed by atoms with Crippen LogP contribution in [0.2, 0.25) is 0 Å². The van der Waals surface area contributed by atoms with Gasteiger partial charge in [-0.2, -0.15) is 0 Å². The van der Waals surface area contributed by atoms with E-state index in [1.165, 1.54) is 12.1 Å². The molecule has 0 spiro atoms. The molecule has 0 radical (unpaired) electrons. The van der Waals surface area contributed by atoms with Crippen LogP contribution in [0.4, 0.5) is 9.18 Å². The van der Waals surface area contributed by atoms with Gasteiger partial charge in [0.25, 0.3) is 0 Å². The number of carbonyl (C=O) groups excluding carboxylic acids is 1. The van der Waals surface area contributed by atoms with Crippen molar-refractivity contribution in [2.45, 2.75) is 6.54 Å². The summed E-state index contributed by atoms with van der Waals surface area (Å²) in [4.78, 5) is 15.4. The maximum Gasteiger partial charge on any atom is 0.315 e. The molecule has 0 atom stereocenters. The standard InChI is InChI=1S/C15H15FN4O/c16-14-5-1-3-13(11-14)4-2-6-18-15(21)19-8-10-20-9-7-17-12-20/h1,3,5,7,9,11-12H,6,8,10H2,(H2,18,19,21). The number of aromatic nitrogens is 2. The largest absolute Gasteiger partial charge is 0.336 e. The lowest BCUT2D eigenvalue weighted by Gasteiger charge is -2.05. The van der Waals surface area contributed by atoms with E-state index in [1.54, 1.807) is 24.7 Å². The molecular weight excluding hydrogens is 271 g/mol. The first-order valence-corrected chi connectivity index (χ1v) is 6.46. The van der Waals surface area contributed by atoms with E-state index in [9.17, 15) is 9.18 Å². The predicted octanol–water partition coefficient (Wildman–Crippen LogP) is 1.37. The van der Waals surface area contributed by atoms with Crippen LogP contribution >= 0.6 is 0 Å². The van der Waals surface area contributed by atoms with Gasteiger partial charge in [-0.15, -0.1) is 0 Å². The molecule has 0 saturated carbocycles. The molecule has 108 valence electrons. The summed E-state index contributed by atoms with van der Waals surface area (Å²) in [5.41, 5.74) is 0.581. The number of hydrogen-bond acceptors (Lipinski definition) is 2. The SMILES string of the molecule is O=C(NCC#Cc1cccc(F)c1)NCCn1ccnc1. The summed E-state index contributed by atoms with van der Waals surface area (Å²) in [5, 5.41) is 5.31. The van der Waals surface area contributed by atoms with Gasteiger partial charge in [0.2, 0.25) is 0 Å². The van der Waals surface area contributed by atoms with Crippen LogP contribution in [-0.2, 0) is 6.54 Å². The van der Waals surface area contributed by atoms with E-state index in [4.69, 9.17) is 0 Å². The molecule has 0 unspecified atom stereocenters. The topological polar surface area (TPSA) is 59.0 Å². The molecule has 0 aliphatic carbocycles. The summed E-state index contributed by atoms with van der Waals surface area (Å²) in [6, 6.07) is 5.72. The number of benzene rings is 1. The first kappa shape index (κ1) is 14.6. The zero-order valence-electron chi connectivity index (χ0n) is 11.3. The third kappa shape index (κ3) is 5.37. The average molecular weight is 286 g/mol. The number of nitrogens with zero attached hydrogens (tertiary/aromatic N) is 2. The fraction of sp³-hybridized carbons (Fsp3) is 0.200. The van der Waals surface area contributed by atoms with Crippen LogP contribution in [0.5, 0.6) is 0 Å². The van der Waals surface area contributed by atoms with Gasteiger partial charge < -0.3 is 15.2 Å².